The lowest BCUT2D eigenvalue weighted by Gasteiger charge is -2.31. The minimum Gasteiger partial charge on any atom is -0.486 e. The van der Waals surface area contributed by atoms with Crippen LogP contribution in [0.3, 0.4) is 0 Å². The maximum atomic E-state index is 14.2. The number of carbonyl (C=O) groups is 1. The number of nitrogens with zero attached hydrogens (tertiary/aromatic N) is 2. The molecule has 4 aromatic rings. The standard InChI is InChI=1S/C28H25FN4O5/c29-18-6-7-19-22(15-24(38-25(19)14-18)17-5-8-23-26(13-17)36-12-11-35-23)31-20-3-1-2-4-21(20)32-28(34)33-9-10-37-27(30)16-33/h1-8,13-15,27H,9-12,16,30H2,(H,32,34)/b31-22+. The van der Waals surface area contributed by atoms with Crippen molar-refractivity contribution in [1.82, 2.24) is 4.90 Å². The number of halogens is 1. The van der Waals surface area contributed by atoms with Gasteiger partial charge in [0.15, 0.2) is 11.5 Å². The summed E-state index contributed by atoms with van der Waals surface area (Å²) in [5.74, 6) is 1.31. The van der Waals surface area contributed by atoms with Crippen molar-refractivity contribution in [3.8, 4) is 22.8 Å². The zero-order chi connectivity index (χ0) is 26.1. The number of fused-ring (bicyclic) bond motifs is 2. The third-order valence-corrected chi connectivity index (χ3v) is 6.30. The second-order valence-corrected chi connectivity index (χ2v) is 8.91. The Balaban J connectivity index is 1.42. The predicted molar refractivity (Wildman–Crippen MR) is 139 cm³/mol. The van der Waals surface area contributed by atoms with Crippen molar-refractivity contribution >= 4 is 28.4 Å². The highest BCUT2D eigenvalue weighted by Gasteiger charge is 2.22. The molecule has 1 saturated heterocycles. The van der Waals surface area contributed by atoms with Gasteiger partial charge in [-0.1, -0.05) is 12.1 Å². The van der Waals surface area contributed by atoms with Crippen molar-refractivity contribution < 1.29 is 27.8 Å². The molecule has 2 aliphatic heterocycles. The van der Waals surface area contributed by atoms with Crippen LogP contribution >= 0.6 is 0 Å². The number of ether oxygens (including phenoxy) is 3. The van der Waals surface area contributed by atoms with Gasteiger partial charge in [0, 0.05) is 29.6 Å². The molecule has 6 rings (SSSR count). The highest BCUT2D eigenvalue weighted by molar-refractivity contribution is 5.92. The van der Waals surface area contributed by atoms with Gasteiger partial charge in [-0.3, -0.25) is 0 Å². The Morgan fingerprint density at radius 2 is 1.84 bits per heavy atom. The molecule has 3 aromatic carbocycles. The van der Waals surface area contributed by atoms with Crippen LogP contribution in [-0.4, -0.2) is 50.1 Å². The van der Waals surface area contributed by atoms with Gasteiger partial charge in [-0.2, -0.15) is 0 Å². The van der Waals surface area contributed by atoms with E-state index in [-0.39, 0.29) is 6.03 Å². The topological polar surface area (TPSA) is 112 Å². The van der Waals surface area contributed by atoms with Crippen molar-refractivity contribution in [2.45, 2.75) is 6.23 Å². The Kier molecular flexibility index (Phi) is 6.40. The Morgan fingerprint density at radius 1 is 1.00 bits per heavy atom. The maximum absolute atomic E-state index is 14.2. The molecule has 0 aliphatic carbocycles. The Morgan fingerprint density at radius 3 is 2.71 bits per heavy atom. The van der Waals surface area contributed by atoms with E-state index in [1.807, 2.05) is 30.3 Å². The number of benzene rings is 3. The van der Waals surface area contributed by atoms with Crippen molar-refractivity contribution in [1.29, 1.82) is 0 Å². The first-order chi connectivity index (χ1) is 18.5. The minimum atomic E-state index is -0.520. The lowest BCUT2D eigenvalue weighted by molar-refractivity contribution is -0.00813. The molecular weight excluding hydrogens is 491 g/mol. The summed E-state index contributed by atoms with van der Waals surface area (Å²) >= 11 is 0. The number of nitrogens with two attached hydrogens (primary N) is 1. The van der Waals surface area contributed by atoms with Crippen LogP contribution in [0.1, 0.15) is 0 Å². The second-order valence-electron chi connectivity index (χ2n) is 8.91. The SMILES string of the molecule is NC1CN(C(=O)Nc2ccccc2/N=c2\cc(-c3ccc4c(c3)OCCO4)oc3cc(F)ccc23)CCO1. The second kappa shape index (κ2) is 10.2. The summed E-state index contributed by atoms with van der Waals surface area (Å²) in [5.41, 5.74) is 7.95. The monoisotopic (exact) mass is 516 g/mol. The first kappa shape index (κ1) is 24.0. The van der Waals surface area contributed by atoms with Gasteiger partial charge in [-0.25, -0.2) is 14.2 Å². The minimum absolute atomic E-state index is 0.292. The van der Waals surface area contributed by atoms with E-state index in [1.165, 1.54) is 12.1 Å². The van der Waals surface area contributed by atoms with Gasteiger partial charge in [-0.15, -0.1) is 0 Å². The van der Waals surface area contributed by atoms with Gasteiger partial charge in [0.1, 0.15) is 36.6 Å². The fraction of sp³-hybridized carbons (Fsp3) is 0.214. The molecule has 3 heterocycles. The van der Waals surface area contributed by atoms with E-state index in [0.29, 0.717) is 77.9 Å². The molecule has 2 amide bonds. The molecule has 9 nitrogen and oxygen atoms in total. The first-order valence-corrected chi connectivity index (χ1v) is 12.2. The number of rotatable bonds is 3. The largest absolute Gasteiger partial charge is 0.486 e. The zero-order valence-corrected chi connectivity index (χ0v) is 20.4. The quantitative estimate of drug-likeness (QED) is 0.418. The summed E-state index contributed by atoms with van der Waals surface area (Å²) in [7, 11) is 0. The molecule has 1 atom stereocenters. The highest BCUT2D eigenvalue weighted by atomic mass is 19.1. The normalized spacial score (nSPS) is 17.5. The zero-order valence-electron chi connectivity index (χ0n) is 20.4. The van der Waals surface area contributed by atoms with Gasteiger partial charge in [0.2, 0.25) is 0 Å². The number of urea groups is 1. The smallest absolute Gasteiger partial charge is 0.322 e. The van der Waals surface area contributed by atoms with Crippen LogP contribution in [0.2, 0.25) is 0 Å². The van der Waals surface area contributed by atoms with Gasteiger partial charge < -0.3 is 34.6 Å². The van der Waals surface area contributed by atoms with Crippen LogP contribution in [0.25, 0.3) is 22.3 Å². The number of para-hydroxylation sites is 2. The molecule has 0 spiro atoms. The molecule has 194 valence electrons. The average Bonchev–Trinajstić information content (AvgIpc) is 2.93. The number of morpholine rings is 1. The molecule has 0 saturated carbocycles. The van der Waals surface area contributed by atoms with Gasteiger partial charge in [0.05, 0.1) is 29.9 Å². The lowest BCUT2D eigenvalue weighted by atomic mass is 10.1. The summed E-state index contributed by atoms with van der Waals surface area (Å²) in [5, 5.41) is 4.09. The highest BCUT2D eigenvalue weighted by Crippen LogP contribution is 2.35. The number of hydrogen-bond donors (Lipinski definition) is 2. The van der Waals surface area contributed by atoms with E-state index in [4.69, 9.17) is 29.4 Å². The van der Waals surface area contributed by atoms with Crippen LogP contribution in [-0.2, 0) is 4.74 Å². The van der Waals surface area contributed by atoms with Crippen LogP contribution < -0.4 is 25.9 Å². The van der Waals surface area contributed by atoms with E-state index in [1.54, 1.807) is 29.2 Å². The first-order valence-electron chi connectivity index (χ1n) is 12.2. The van der Waals surface area contributed by atoms with Crippen LogP contribution in [0, 0.1) is 5.82 Å². The number of carbonyl (C=O) groups excluding carboxylic acids is 1. The van der Waals surface area contributed by atoms with Gasteiger partial charge in [0.25, 0.3) is 0 Å². The molecule has 0 bridgehead atoms. The van der Waals surface area contributed by atoms with E-state index >= 15 is 0 Å². The van der Waals surface area contributed by atoms with Crippen molar-refractivity contribution in [2.75, 3.05) is 38.2 Å². The molecule has 0 radical (unpaired) electrons. The molecule has 10 heteroatoms. The van der Waals surface area contributed by atoms with Crippen LogP contribution in [0.15, 0.2) is 76.1 Å². The Bertz CT molecular complexity index is 1590. The summed E-state index contributed by atoms with van der Waals surface area (Å²) in [4.78, 5) is 19.4. The van der Waals surface area contributed by atoms with Crippen LogP contribution in [0.4, 0.5) is 20.6 Å². The van der Waals surface area contributed by atoms with Gasteiger partial charge >= 0.3 is 6.03 Å². The number of hydrogen-bond acceptors (Lipinski definition) is 7. The molecular formula is C28H25FN4O5. The maximum Gasteiger partial charge on any atom is 0.322 e. The average molecular weight is 517 g/mol. The van der Waals surface area contributed by atoms with E-state index in [9.17, 15) is 9.18 Å². The van der Waals surface area contributed by atoms with Crippen molar-refractivity contribution in [2.24, 2.45) is 10.7 Å². The number of anilines is 1. The van der Waals surface area contributed by atoms with Crippen LogP contribution in [0.5, 0.6) is 11.5 Å². The lowest BCUT2D eigenvalue weighted by Crippen LogP contribution is -2.50. The fourth-order valence-corrected chi connectivity index (χ4v) is 4.43. The van der Waals surface area contributed by atoms with Crippen molar-refractivity contribution in [3.63, 3.8) is 0 Å². The summed E-state index contributed by atoms with van der Waals surface area (Å²) < 4.78 is 36.9. The van der Waals surface area contributed by atoms with E-state index in [2.05, 4.69) is 5.32 Å². The summed E-state index contributed by atoms with van der Waals surface area (Å²) in [6.45, 7) is 2.05. The molecule has 1 aromatic heterocycles. The molecule has 2 aliphatic rings. The summed E-state index contributed by atoms with van der Waals surface area (Å²) in [6.07, 6.45) is -0.520. The summed E-state index contributed by atoms with van der Waals surface area (Å²) in [6, 6.07) is 18.5. The van der Waals surface area contributed by atoms with Gasteiger partial charge in [-0.05, 0) is 42.5 Å². The third-order valence-electron chi connectivity index (χ3n) is 6.30. The molecule has 1 unspecified atom stereocenters. The molecule has 3 N–H and O–H groups in total. The Labute approximate surface area is 217 Å². The predicted octanol–water partition coefficient (Wildman–Crippen LogP) is 4.39. The van der Waals surface area contributed by atoms with E-state index < -0.39 is 12.0 Å². The molecule has 38 heavy (non-hydrogen) atoms. The van der Waals surface area contributed by atoms with Crippen molar-refractivity contribution in [3.05, 3.63) is 77.9 Å². The number of nitrogens with one attached hydrogen (secondary N) is 1. The Hall–Kier alpha value is -4.41. The molecule has 1 fully saturated rings. The number of amides is 2. The fourth-order valence-electron chi connectivity index (χ4n) is 4.43. The third kappa shape index (κ3) is 4.91. The van der Waals surface area contributed by atoms with E-state index in [0.717, 1.165) is 5.56 Å².